The van der Waals surface area contributed by atoms with E-state index >= 15 is 0 Å². The second kappa shape index (κ2) is 21.1. The smallest absolute Gasteiger partial charge is 0.112 e. The maximum atomic E-state index is 5.12. The van der Waals surface area contributed by atoms with Gasteiger partial charge in [0.15, 0.2) is 0 Å². The Kier molecular flexibility index (Phi) is 18.8. The Balaban J connectivity index is 3.85. The minimum absolute atomic E-state index is 0.776. The van der Waals surface area contributed by atoms with E-state index in [1.165, 1.54) is 0 Å². The fourth-order valence-electron chi connectivity index (χ4n) is 3.67. The number of hydrogen-bond donors (Lipinski definition) is 0. The van der Waals surface area contributed by atoms with Crippen LogP contribution in [0.2, 0.25) is 0 Å². The van der Waals surface area contributed by atoms with Crippen LogP contribution in [0.15, 0.2) is 30.0 Å². The second-order valence-corrected chi connectivity index (χ2v) is 9.50. The molecular formula is C30H54N6. The van der Waals surface area contributed by atoms with Crippen LogP contribution < -0.4 is 0 Å². The monoisotopic (exact) mass is 498 g/mol. The molecule has 6 heteroatoms. The van der Waals surface area contributed by atoms with Gasteiger partial charge in [-0.2, -0.15) is 0 Å². The van der Waals surface area contributed by atoms with Gasteiger partial charge >= 0.3 is 0 Å². The van der Waals surface area contributed by atoms with Crippen molar-refractivity contribution in [2.24, 2.45) is 30.0 Å². The highest BCUT2D eigenvalue weighted by Crippen LogP contribution is 2.13. The summed E-state index contributed by atoms with van der Waals surface area (Å²) < 4.78 is 0. The van der Waals surface area contributed by atoms with Gasteiger partial charge in [0.25, 0.3) is 0 Å². The molecule has 0 N–H and O–H groups in total. The van der Waals surface area contributed by atoms with Crippen LogP contribution in [0.25, 0.3) is 0 Å². The Hall–Kier alpha value is -1.98. The summed E-state index contributed by atoms with van der Waals surface area (Å²) in [5, 5.41) is 0. The van der Waals surface area contributed by atoms with Crippen LogP contribution in [0.3, 0.4) is 0 Å². The summed E-state index contributed by atoms with van der Waals surface area (Å²) in [6, 6.07) is 0. The number of hydrogen-bond acceptors (Lipinski definition) is 6. The van der Waals surface area contributed by atoms with E-state index in [1.807, 2.05) is 0 Å². The normalized spacial score (nSPS) is 13.8. The highest BCUT2D eigenvalue weighted by Gasteiger charge is 2.37. The van der Waals surface area contributed by atoms with E-state index in [9.17, 15) is 0 Å². The molecule has 0 aromatic heterocycles. The third-order valence-corrected chi connectivity index (χ3v) is 6.04. The van der Waals surface area contributed by atoms with Gasteiger partial charge in [-0.25, -0.2) is 0 Å². The molecule has 0 aliphatic heterocycles. The van der Waals surface area contributed by atoms with E-state index in [4.69, 9.17) is 30.0 Å². The van der Waals surface area contributed by atoms with Crippen LogP contribution in [0.5, 0.6) is 0 Å². The van der Waals surface area contributed by atoms with Gasteiger partial charge in [-0.05, 0) is 38.5 Å². The van der Waals surface area contributed by atoms with Gasteiger partial charge in [0.2, 0.25) is 0 Å². The quantitative estimate of drug-likeness (QED) is 0.176. The second-order valence-electron chi connectivity index (χ2n) is 9.50. The Morgan fingerprint density at radius 2 is 0.417 bits per heavy atom. The molecule has 1 rings (SSSR count). The molecule has 6 nitrogen and oxygen atoms in total. The first-order chi connectivity index (χ1) is 17.7. The van der Waals surface area contributed by atoms with Gasteiger partial charge < -0.3 is 0 Å². The zero-order valence-corrected chi connectivity index (χ0v) is 24.4. The van der Waals surface area contributed by atoms with E-state index in [0.29, 0.717) is 0 Å². The first kappa shape index (κ1) is 32.0. The van der Waals surface area contributed by atoms with Gasteiger partial charge in [-0.3, -0.25) is 30.0 Å². The molecule has 204 valence electrons. The predicted octanol–water partition coefficient (Wildman–Crippen LogP) is 7.45. The molecule has 1 aliphatic rings. The lowest BCUT2D eigenvalue weighted by Gasteiger charge is -2.25. The summed E-state index contributed by atoms with van der Waals surface area (Å²) in [5.74, 6) is 0. The molecule has 0 saturated heterocycles. The van der Waals surface area contributed by atoms with Crippen molar-refractivity contribution in [3.63, 3.8) is 0 Å². The minimum Gasteiger partial charge on any atom is -0.281 e. The van der Waals surface area contributed by atoms with Crippen LogP contribution >= 0.6 is 0 Å². The van der Waals surface area contributed by atoms with Crippen LogP contribution in [0.4, 0.5) is 0 Å². The molecular weight excluding hydrogens is 444 g/mol. The van der Waals surface area contributed by atoms with Crippen molar-refractivity contribution in [3.05, 3.63) is 0 Å². The van der Waals surface area contributed by atoms with Crippen LogP contribution in [0.1, 0.15) is 119 Å². The summed E-state index contributed by atoms with van der Waals surface area (Å²) in [7, 11) is 0. The van der Waals surface area contributed by atoms with Gasteiger partial charge in [-0.15, -0.1) is 0 Å². The summed E-state index contributed by atoms with van der Waals surface area (Å²) in [5.41, 5.74) is 5.39. The van der Waals surface area contributed by atoms with Gasteiger partial charge in [-0.1, -0.05) is 80.1 Å². The molecule has 0 radical (unpaired) electrons. The van der Waals surface area contributed by atoms with Crippen LogP contribution in [-0.4, -0.2) is 73.5 Å². The number of nitrogens with zero attached hydrogens (tertiary/aromatic N) is 6. The molecule has 0 unspecified atom stereocenters. The summed E-state index contributed by atoms with van der Waals surface area (Å²) >= 11 is 0. The van der Waals surface area contributed by atoms with E-state index in [2.05, 4.69) is 41.5 Å². The Morgan fingerprint density at radius 1 is 0.278 bits per heavy atom. The zero-order chi connectivity index (χ0) is 26.4. The molecule has 0 atom stereocenters. The lowest BCUT2D eigenvalue weighted by Crippen LogP contribution is -2.51. The third kappa shape index (κ3) is 11.4. The van der Waals surface area contributed by atoms with E-state index in [-0.39, 0.29) is 0 Å². The Labute approximate surface area is 222 Å². The lowest BCUT2D eigenvalue weighted by atomic mass is 9.87. The van der Waals surface area contributed by atoms with Crippen LogP contribution in [0, 0.1) is 0 Å². The molecule has 0 bridgehead atoms. The first-order valence-electron chi connectivity index (χ1n) is 15.0. The van der Waals surface area contributed by atoms with E-state index in [1.54, 1.807) is 0 Å². The minimum atomic E-state index is 0.776. The number of aliphatic imine (C=N–C) groups is 6. The fourth-order valence-corrected chi connectivity index (χ4v) is 3.67. The molecule has 0 heterocycles. The van der Waals surface area contributed by atoms with Gasteiger partial charge in [0.05, 0.1) is 0 Å². The number of rotatable bonds is 18. The zero-order valence-electron chi connectivity index (χ0n) is 24.4. The first-order valence-corrected chi connectivity index (χ1v) is 15.0. The van der Waals surface area contributed by atoms with Crippen molar-refractivity contribution >= 4 is 34.3 Å². The Morgan fingerprint density at radius 3 is 0.528 bits per heavy atom. The highest BCUT2D eigenvalue weighted by molar-refractivity contribution is 7.12. The summed E-state index contributed by atoms with van der Waals surface area (Å²) in [4.78, 5) is 30.7. The molecule has 0 aromatic carbocycles. The summed E-state index contributed by atoms with van der Waals surface area (Å²) in [6.07, 6.45) is 13.0. The third-order valence-electron chi connectivity index (χ3n) is 6.04. The van der Waals surface area contributed by atoms with Crippen molar-refractivity contribution < 1.29 is 0 Å². The maximum absolute atomic E-state index is 5.12. The number of unbranched alkanes of at least 4 members (excludes halogenated alkanes) is 6. The molecule has 1 saturated carbocycles. The maximum Gasteiger partial charge on any atom is 0.112 e. The van der Waals surface area contributed by atoms with Gasteiger partial charge in [0.1, 0.15) is 34.3 Å². The van der Waals surface area contributed by atoms with E-state index in [0.717, 1.165) is 151 Å². The average Bonchev–Trinajstić information content (AvgIpc) is 2.88. The van der Waals surface area contributed by atoms with Crippen molar-refractivity contribution in [3.8, 4) is 0 Å². The Bertz CT molecular complexity index is 591. The predicted molar refractivity (Wildman–Crippen MR) is 163 cm³/mol. The standard InChI is InChI=1S/C30H54N6/c1-7-13-19-31-25-26(32-20-14-8-2)28(34-22-16-10-4)30(36-24-18-12-6)29(35-23-17-11-5)27(25)33-21-15-9-3/h7-24H2,1-6H3. The SMILES string of the molecule is CCCCN=C1C(=NCCCC)C(=NCCCC)C(=NCCCC)C(=NCCCC)C1=NCCCC. The molecule has 1 aliphatic carbocycles. The molecule has 1 fully saturated rings. The molecule has 0 spiro atoms. The van der Waals surface area contributed by atoms with Crippen molar-refractivity contribution in [1.82, 2.24) is 0 Å². The lowest BCUT2D eigenvalue weighted by molar-refractivity contribution is 0.801. The van der Waals surface area contributed by atoms with Crippen molar-refractivity contribution in [1.29, 1.82) is 0 Å². The van der Waals surface area contributed by atoms with E-state index < -0.39 is 0 Å². The highest BCUT2D eigenvalue weighted by atomic mass is 15.0. The summed E-state index contributed by atoms with van der Waals surface area (Å²) in [6.45, 7) is 17.9. The fraction of sp³-hybridized carbons (Fsp3) is 0.800. The van der Waals surface area contributed by atoms with Crippen molar-refractivity contribution in [2.45, 2.75) is 119 Å². The van der Waals surface area contributed by atoms with Gasteiger partial charge in [0, 0.05) is 39.3 Å². The van der Waals surface area contributed by atoms with Crippen molar-refractivity contribution in [2.75, 3.05) is 39.3 Å². The topological polar surface area (TPSA) is 74.2 Å². The molecule has 36 heavy (non-hydrogen) atoms. The van der Waals surface area contributed by atoms with Crippen LogP contribution in [-0.2, 0) is 0 Å². The average molecular weight is 499 g/mol. The largest absolute Gasteiger partial charge is 0.281 e. The molecule has 0 aromatic rings. The molecule has 0 amide bonds.